The number of aliphatic hydroxyl groups is 3. The van der Waals surface area contributed by atoms with E-state index in [2.05, 4.69) is 6.92 Å². The van der Waals surface area contributed by atoms with Gasteiger partial charge in [-0.2, -0.15) is 0 Å². The van der Waals surface area contributed by atoms with E-state index in [4.69, 9.17) is 5.11 Å². The zero-order valence-electron chi connectivity index (χ0n) is 14.9. The van der Waals surface area contributed by atoms with E-state index >= 15 is 0 Å². The Labute approximate surface area is 146 Å². The van der Waals surface area contributed by atoms with Crippen LogP contribution in [0, 0.1) is 11.8 Å². The van der Waals surface area contributed by atoms with Gasteiger partial charge in [0, 0.05) is 24.9 Å². The number of hydrogen-bond donors (Lipinski definition) is 3. The highest BCUT2D eigenvalue weighted by atomic mass is 16.3. The molecule has 0 spiro atoms. The van der Waals surface area contributed by atoms with Crippen LogP contribution >= 0.6 is 0 Å². The maximum atomic E-state index is 12.1. The normalized spacial score (nSPS) is 26.0. The molecule has 24 heavy (non-hydrogen) atoms. The number of allylic oxidation sites excluding steroid dienone is 2. The van der Waals surface area contributed by atoms with Crippen molar-refractivity contribution >= 4 is 5.78 Å². The van der Waals surface area contributed by atoms with Gasteiger partial charge in [-0.3, -0.25) is 4.79 Å². The largest absolute Gasteiger partial charge is 0.396 e. The molecule has 0 aromatic heterocycles. The van der Waals surface area contributed by atoms with Crippen LogP contribution in [-0.2, 0) is 4.79 Å². The average Bonchev–Trinajstić information content (AvgIpc) is 2.82. The minimum atomic E-state index is -0.635. The Kier molecular flexibility index (Phi) is 10.9. The first-order valence-electron chi connectivity index (χ1n) is 9.43. The lowest BCUT2D eigenvalue weighted by molar-refractivity contribution is -0.121. The molecule has 0 radical (unpaired) electrons. The number of Topliss-reactive ketones (excluding diaryl/α,β-unsaturated/α-hetero) is 1. The standard InChI is InChI=1S/C20H34O4/c1-2-3-7-10-16(22)12-13-18-17(19(23)15-20(18)24)11-8-5-4-6-9-14-21/h5,8,12-13,16-18,20-22,24H,2-4,6-7,9-11,14-15H2,1H3/b8-5-,13-12+/t16-,17+,18+,20+/m0/s1. The topological polar surface area (TPSA) is 77.8 Å². The van der Waals surface area contributed by atoms with Crippen LogP contribution in [-0.4, -0.2) is 39.9 Å². The number of aliphatic hydroxyl groups excluding tert-OH is 3. The molecule has 1 saturated carbocycles. The summed E-state index contributed by atoms with van der Waals surface area (Å²) in [5.41, 5.74) is 0. The Morgan fingerprint density at radius 3 is 2.71 bits per heavy atom. The lowest BCUT2D eigenvalue weighted by atomic mass is 9.90. The summed E-state index contributed by atoms with van der Waals surface area (Å²) in [4.78, 5) is 12.1. The fourth-order valence-electron chi connectivity index (χ4n) is 3.22. The average molecular weight is 338 g/mol. The van der Waals surface area contributed by atoms with E-state index < -0.39 is 12.2 Å². The van der Waals surface area contributed by atoms with Gasteiger partial charge in [0.1, 0.15) is 5.78 Å². The van der Waals surface area contributed by atoms with E-state index in [0.29, 0.717) is 6.42 Å². The van der Waals surface area contributed by atoms with Gasteiger partial charge in [-0.25, -0.2) is 0 Å². The molecule has 0 aromatic rings. The highest BCUT2D eigenvalue weighted by molar-refractivity contribution is 5.84. The van der Waals surface area contributed by atoms with E-state index in [0.717, 1.165) is 44.9 Å². The van der Waals surface area contributed by atoms with Crippen molar-refractivity contribution in [2.75, 3.05) is 6.61 Å². The number of ketones is 1. The van der Waals surface area contributed by atoms with E-state index in [1.54, 1.807) is 6.08 Å². The molecule has 0 bridgehead atoms. The molecule has 0 heterocycles. The van der Waals surface area contributed by atoms with Crippen molar-refractivity contribution in [3.05, 3.63) is 24.3 Å². The van der Waals surface area contributed by atoms with Gasteiger partial charge >= 0.3 is 0 Å². The molecule has 138 valence electrons. The second-order valence-electron chi connectivity index (χ2n) is 6.80. The maximum Gasteiger partial charge on any atom is 0.139 e. The van der Waals surface area contributed by atoms with Gasteiger partial charge in [0.15, 0.2) is 0 Å². The molecule has 4 atom stereocenters. The summed E-state index contributed by atoms with van der Waals surface area (Å²) in [6.45, 7) is 2.35. The first-order valence-corrected chi connectivity index (χ1v) is 9.43. The van der Waals surface area contributed by atoms with Crippen LogP contribution in [0.4, 0.5) is 0 Å². The quantitative estimate of drug-likeness (QED) is 0.377. The zero-order chi connectivity index (χ0) is 17.8. The van der Waals surface area contributed by atoms with Gasteiger partial charge in [0.05, 0.1) is 12.2 Å². The predicted molar refractivity (Wildman–Crippen MR) is 96.6 cm³/mol. The predicted octanol–water partition coefficient (Wildman–Crippen LogP) is 3.16. The number of carbonyl (C=O) groups is 1. The molecule has 0 aliphatic heterocycles. The van der Waals surface area contributed by atoms with Crippen molar-refractivity contribution in [1.29, 1.82) is 0 Å². The molecule has 1 aliphatic rings. The minimum absolute atomic E-state index is 0.109. The van der Waals surface area contributed by atoms with Gasteiger partial charge in [0.25, 0.3) is 0 Å². The minimum Gasteiger partial charge on any atom is -0.396 e. The summed E-state index contributed by atoms with van der Waals surface area (Å²) in [6.07, 6.45) is 14.0. The first kappa shape index (κ1) is 21.1. The third-order valence-electron chi connectivity index (χ3n) is 4.73. The Balaban J connectivity index is 2.48. The number of unbranched alkanes of at least 4 members (excludes halogenated alkanes) is 4. The van der Waals surface area contributed by atoms with Crippen LogP contribution in [0.15, 0.2) is 24.3 Å². The Morgan fingerprint density at radius 1 is 1.21 bits per heavy atom. The molecule has 4 nitrogen and oxygen atoms in total. The molecular weight excluding hydrogens is 304 g/mol. The van der Waals surface area contributed by atoms with Gasteiger partial charge in [-0.05, 0) is 32.1 Å². The SMILES string of the molecule is CCCCC[C@H](O)/C=C/[C@H]1[C@H](O)CC(=O)[C@@H]1C/C=C\CCCCO. The van der Waals surface area contributed by atoms with E-state index in [9.17, 15) is 15.0 Å². The molecule has 0 unspecified atom stereocenters. The first-order chi connectivity index (χ1) is 11.6. The van der Waals surface area contributed by atoms with Gasteiger partial charge in [-0.1, -0.05) is 50.5 Å². The molecule has 1 rings (SSSR count). The van der Waals surface area contributed by atoms with Crippen molar-refractivity contribution in [2.45, 2.75) is 76.9 Å². The lowest BCUT2D eigenvalue weighted by Gasteiger charge is -2.16. The third-order valence-corrected chi connectivity index (χ3v) is 4.73. The maximum absolute atomic E-state index is 12.1. The van der Waals surface area contributed by atoms with Crippen molar-refractivity contribution in [3.63, 3.8) is 0 Å². The molecule has 1 fully saturated rings. The van der Waals surface area contributed by atoms with Crippen molar-refractivity contribution in [3.8, 4) is 0 Å². The fraction of sp³-hybridized carbons (Fsp3) is 0.750. The molecule has 0 saturated heterocycles. The van der Waals surface area contributed by atoms with Gasteiger partial charge in [-0.15, -0.1) is 0 Å². The highest BCUT2D eigenvalue weighted by Gasteiger charge is 2.39. The molecule has 1 aliphatic carbocycles. The zero-order valence-corrected chi connectivity index (χ0v) is 14.9. The molecular formula is C20H34O4. The summed E-state index contributed by atoms with van der Waals surface area (Å²) in [5.74, 6) is -0.272. The van der Waals surface area contributed by atoms with Gasteiger partial charge in [0.2, 0.25) is 0 Å². The summed E-state index contributed by atoms with van der Waals surface area (Å²) in [7, 11) is 0. The smallest absolute Gasteiger partial charge is 0.139 e. The highest BCUT2D eigenvalue weighted by Crippen LogP contribution is 2.33. The summed E-state index contributed by atoms with van der Waals surface area (Å²) in [6, 6.07) is 0. The molecule has 0 amide bonds. The lowest BCUT2D eigenvalue weighted by Crippen LogP contribution is -2.18. The van der Waals surface area contributed by atoms with Crippen LogP contribution in [0.3, 0.4) is 0 Å². The Hall–Kier alpha value is -0.970. The van der Waals surface area contributed by atoms with Crippen LogP contribution in [0.2, 0.25) is 0 Å². The number of carbonyl (C=O) groups excluding carboxylic acids is 1. The third kappa shape index (κ3) is 7.73. The summed E-state index contributed by atoms with van der Waals surface area (Å²) in [5, 5.41) is 28.8. The van der Waals surface area contributed by atoms with Gasteiger partial charge < -0.3 is 15.3 Å². The van der Waals surface area contributed by atoms with E-state index in [-0.39, 0.29) is 30.6 Å². The van der Waals surface area contributed by atoms with E-state index in [1.807, 2.05) is 18.2 Å². The number of hydrogen-bond acceptors (Lipinski definition) is 4. The Morgan fingerprint density at radius 2 is 2.00 bits per heavy atom. The van der Waals surface area contributed by atoms with E-state index in [1.165, 1.54) is 0 Å². The fourth-order valence-corrected chi connectivity index (χ4v) is 3.22. The van der Waals surface area contributed by atoms with Crippen LogP contribution in [0.25, 0.3) is 0 Å². The summed E-state index contributed by atoms with van der Waals surface area (Å²) >= 11 is 0. The van der Waals surface area contributed by atoms with Crippen molar-refractivity contribution in [1.82, 2.24) is 0 Å². The monoisotopic (exact) mass is 338 g/mol. The van der Waals surface area contributed by atoms with Crippen LogP contribution in [0.5, 0.6) is 0 Å². The number of rotatable bonds is 12. The summed E-state index contributed by atoms with van der Waals surface area (Å²) < 4.78 is 0. The molecule has 4 heteroatoms. The van der Waals surface area contributed by atoms with Crippen LogP contribution in [0.1, 0.15) is 64.7 Å². The van der Waals surface area contributed by atoms with Crippen molar-refractivity contribution in [2.24, 2.45) is 11.8 Å². The molecule has 0 aromatic carbocycles. The molecule has 3 N–H and O–H groups in total. The van der Waals surface area contributed by atoms with Crippen molar-refractivity contribution < 1.29 is 20.1 Å². The second kappa shape index (κ2) is 12.4. The van der Waals surface area contributed by atoms with Crippen LogP contribution < -0.4 is 0 Å². The second-order valence-corrected chi connectivity index (χ2v) is 6.80. The Bertz CT molecular complexity index is 402.